The summed E-state index contributed by atoms with van der Waals surface area (Å²) in [4.78, 5) is 22.4. The zero-order valence-corrected chi connectivity index (χ0v) is 13.9. The van der Waals surface area contributed by atoms with E-state index in [2.05, 4.69) is 40.0 Å². The fourth-order valence-electron chi connectivity index (χ4n) is 3.32. The molecule has 0 bridgehead atoms. The smallest absolute Gasteiger partial charge is 0.306 e. The SMILES string of the molecule is CCc1ccc(C(c2cccnc2)N2CCC(C(=O)O)CC2)nc1. The Kier molecular flexibility index (Phi) is 5.20. The van der Waals surface area contributed by atoms with E-state index in [-0.39, 0.29) is 12.0 Å². The number of carboxylic acid groups (broad SMARTS) is 1. The van der Waals surface area contributed by atoms with Crippen molar-refractivity contribution in [1.82, 2.24) is 14.9 Å². The Morgan fingerprint density at radius 2 is 2.08 bits per heavy atom. The van der Waals surface area contributed by atoms with Crippen LogP contribution in [0.15, 0.2) is 42.9 Å². The van der Waals surface area contributed by atoms with Crippen LogP contribution in [0.5, 0.6) is 0 Å². The summed E-state index contributed by atoms with van der Waals surface area (Å²) in [5.41, 5.74) is 3.31. The van der Waals surface area contributed by atoms with Gasteiger partial charge in [-0.05, 0) is 55.6 Å². The van der Waals surface area contributed by atoms with Crippen molar-refractivity contribution in [3.05, 3.63) is 59.7 Å². The average molecular weight is 325 g/mol. The predicted molar refractivity (Wildman–Crippen MR) is 91.6 cm³/mol. The van der Waals surface area contributed by atoms with Gasteiger partial charge in [0.1, 0.15) is 0 Å². The molecule has 1 fully saturated rings. The molecule has 0 aromatic carbocycles. The van der Waals surface area contributed by atoms with Gasteiger partial charge in [0, 0.05) is 18.6 Å². The maximum absolute atomic E-state index is 11.2. The van der Waals surface area contributed by atoms with E-state index >= 15 is 0 Å². The van der Waals surface area contributed by atoms with E-state index in [1.54, 1.807) is 6.20 Å². The lowest BCUT2D eigenvalue weighted by Gasteiger charge is -2.36. The van der Waals surface area contributed by atoms with Crippen LogP contribution in [-0.2, 0) is 11.2 Å². The van der Waals surface area contributed by atoms with E-state index in [0.717, 1.165) is 30.8 Å². The summed E-state index contributed by atoms with van der Waals surface area (Å²) in [6.07, 6.45) is 7.91. The number of hydrogen-bond acceptors (Lipinski definition) is 4. The molecule has 2 aromatic rings. The minimum absolute atomic E-state index is 0.0272. The summed E-state index contributed by atoms with van der Waals surface area (Å²) in [6.45, 7) is 3.63. The van der Waals surface area contributed by atoms with Gasteiger partial charge < -0.3 is 5.11 Å². The van der Waals surface area contributed by atoms with E-state index < -0.39 is 5.97 Å². The first-order chi connectivity index (χ1) is 11.7. The number of carboxylic acids is 1. The molecule has 0 radical (unpaired) electrons. The van der Waals surface area contributed by atoms with Crippen molar-refractivity contribution < 1.29 is 9.90 Å². The average Bonchev–Trinajstić information content (AvgIpc) is 2.64. The van der Waals surface area contributed by atoms with Crippen LogP contribution in [0.25, 0.3) is 0 Å². The Hall–Kier alpha value is -2.27. The third-order valence-electron chi connectivity index (χ3n) is 4.78. The number of aryl methyl sites for hydroxylation is 1. The number of hydrogen-bond donors (Lipinski definition) is 1. The highest BCUT2D eigenvalue weighted by Gasteiger charge is 2.30. The third kappa shape index (κ3) is 3.62. The second-order valence-corrected chi connectivity index (χ2v) is 6.28. The molecule has 1 aliphatic heterocycles. The number of carbonyl (C=O) groups is 1. The van der Waals surface area contributed by atoms with Crippen LogP contribution in [0, 0.1) is 5.92 Å². The lowest BCUT2D eigenvalue weighted by molar-refractivity contribution is -0.143. The van der Waals surface area contributed by atoms with Gasteiger partial charge >= 0.3 is 5.97 Å². The van der Waals surface area contributed by atoms with Crippen molar-refractivity contribution in [2.24, 2.45) is 5.92 Å². The highest BCUT2D eigenvalue weighted by atomic mass is 16.4. The molecule has 3 heterocycles. The van der Waals surface area contributed by atoms with Crippen LogP contribution in [-0.4, -0.2) is 39.0 Å². The van der Waals surface area contributed by atoms with Crippen molar-refractivity contribution in [3.63, 3.8) is 0 Å². The first kappa shape index (κ1) is 16.6. The molecule has 5 nitrogen and oxygen atoms in total. The molecule has 24 heavy (non-hydrogen) atoms. The summed E-state index contributed by atoms with van der Waals surface area (Å²) >= 11 is 0. The summed E-state index contributed by atoms with van der Waals surface area (Å²) in [6, 6.07) is 8.23. The summed E-state index contributed by atoms with van der Waals surface area (Å²) in [7, 11) is 0. The zero-order valence-electron chi connectivity index (χ0n) is 13.9. The van der Waals surface area contributed by atoms with Crippen molar-refractivity contribution in [1.29, 1.82) is 0 Å². The Morgan fingerprint density at radius 3 is 2.62 bits per heavy atom. The lowest BCUT2D eigenvalue weighted by Crippen LogP contribution is -2.39. The van der Waals surface area contributed by atoms with E-state index in [1.165, 1.54) is 5.56 Å². The molecular formula is C19H23N3O2. The summed E-state index contributed by atoms with van der Waals surface area (Å²) < 4.78 is 0. The van der Waals surface area contributed by atoms with Crippen molar-refractivity contribution in [2.45, 2.75) is 32.2 Å². The molecule has 0 spiro atoms. The maximum atomic E-state index is 11.2. The quantitative estimate of drug-likeness (QED) is 0.915. The molecule has 0 amide bonds. The minimum Gasteiger partial charge on any atom is -0.481 e. The monoisotopic (exact) mass is 325 g/mol. The Labute approximate surface area is 142 Å². The molecule has 1 aliphatic rings. The number of nitrogens with zero attached hydrogens (tertiary/aromatic N) is 3. The fraction of sp³-hybridized carbons (Fsp3) is 0.421. The number of aliphatic carboxylic acids is 1. The molecule has 126 valence electrons. The molecule has 5 heteroatoms. The van der Waals surface area contributed by atoms with Gasteiger partial charge in [0.2, 0.25) is 0 Å². The second-order valence-electron chi connectivity index (χ2n) is 6.28. The predicted octanol–water partition coefficient (Wildman–Crippen LogP) is 2.93. The summed E-state index contributed by atoms with van der Waals surface area (Å²) in [5.74, 6) is -0.913. The second kappa shape index (κ2) is 7.53. The standard InChI is InChI=1S/C19H23N3O2/c1-2-14-5-6-17(21-12-14)18(16-4-3-9-20-13-16)22-10-7-15(8-11-22)19(23)24/h3-6,9,12-13,15,18H,2,7-8,10-11H2,1H3,(H,23,24). The largest absolute Gasteiger partial charge is 0.481 e. The molecule has 1 saturated heterocycles. The molecule has 0 aliphatic carbocycles. The normalized spacial score (nSPS) is 17.5. The molecule has 1 atom stereocenters. The molecule has 1 unspecified atom stereocenters. The van der Waals surface area contributed by atoms with E-state index in [0.29, 0.717) is 12.8 Å². The van der Waals surface area contributed by atoms with Gasteiger partial charge in [-0.15, -0.1) is 0 Å². The number of piperidine rings is 1. The fourth-order valence-corrected chi connectivity index (χ4v) is 3.32. The number of likely N-dealkylation sites (tertiary alicyclic amines) is 1. The number of aromatic nitrogens is 2. The Morgan fingerprint density at radius 1 is 1.29 bits per heavy atom. The van der Waals surface area contributed by atoms with Crippen LogP contribution >= 0.6 is 0 Å². The van der Waals surface area contributed by atoms with Gasteiger partial charge in [-0.2, -0.15) is 0 Å². The highest BCUT2D eigenvalue weighted by molar-refractivity contribution is 5.70. The Bertz CT molecular complexity index is 665. The van der Waals surface area contributed by atoms with Crippen molar-refractivity contribution >= 4 is 5.97 Å². The number of rotatable bonds is 5. The summed E-state index contributed by atoms with van der Waals surface area (Å²) in [5, 5.41) is 9.21. The number of pyridine rings is 2. The molecular weight excluding hydrogens is 302 g/mol. The van der Waals surface area contributed by atoms with Crippen LogP contribution < -0.4 is 0 Å². The molecule has 0 saturated carbocycles. The first-order valence-corrected chi connectivity index (χ1v) is 8.50. The van der Waals surface area contributed by atoms with E-state index in [9.17, 15) is 9.90 Å². The van der Waals surface area contributed by atoms with Crippen LogP contribution in [0.3, 0.4) is 0 Å². The lowest BCUT2D eigenvalue weighted by atomic mass is 9.93. The van der Waals surface area contributed by atoms with Crippen molar-refractivity contribution in [2.75, 3.05) is 13.1 Å². The maximum Gasteiger partial charge on any atom is 0.306 e. The van der Waals surface area contributed by atoms with Gasteiger partial charge in [-0.1, -0.05) is 19.1 Å². The molecule has 3 rings (SSSR count). The van der Waals surface area contributed by atoms with Crippen LogP contribution in [0.1, 0.15) is 42.6 Å². The first-order valence-electron chi connectivity index (χ1n) is 8.50. The Balaban J connectivity index is 1.87. The van der Waals surface area contributed by atoms with E-state index in [4.69, 9.17) is 0 Å². The third-order valence-corrected chi connectivity index (χ3v) is 4.78. The van der Waals surface area contributed by atoms with Crippen LogP contribution in [0.2, 0.25) is 0 Å². The van der Waals surface area contributed by atoms with Gasteiger partial charge in [0.15, 0.2) is 0 Å². The van der Waals surface area contributed by atoms with Crippen molar-refractivity contribution in [3.8, 4) is 0 Å². The van der Waals surface area contributed by atoms with Gasteiger partial charge in [0.05, 0.1) is 17.7 Å². The van der Waals surface area contributed by atoms with Gasteiger partial charge in [-0.3, -0.25) is 19.7 Å². The van der Waals surface area contributed by atoms with E-state index in [1.807, 2.05) is 18.5 Å². The topological polar surface area (TPSA) is 66.3 Å². The highest BCUT2D eigenvalue weighted by Crippen LogP contribution is 2.31. The van der Waals surface area contributed by atoms with Gasteiger partial charge in [0.25, 0.3) is 0 Å². The van der Waals surface area contributed by atoms with Gasteiger partial charge in [-0.25, -0.2) is 0 Å². The molecule has 2 aromatic heterocycles. The minimum atomic E-state index is -0.682. The van der Waals surface area contributed by atoms with Crippen LogP contribution in [0.4, 0.5) is 0 Å². The zero-order chi connectivity index (χ0) is 16.9. The molecule has 1 N–H and O–H groups in total.